The van der Waals surface area contributed by atoms with Crippen LogP contribution >= 0.6 is 0 Å². The molecule has 0 aliphatic carbocycles. The molecule has 3 heteroatoms. The molecule has 3 aromatic carbocycles. The number of likely N-dealkylation sites (tertiary alicyclic amines) is 1. The molecule has 0 spiro atoms. The van der Waals surface area contributed by atoms with Gasteiger partial charge in [0.1, 0.15) is 5.82 Å². The van der Waals surface area contributed by atoms with Gasteiger partial charge in [-0.1, -0.05) is 48.5 Å². The van der Waals surface area contributed by atoms with Crippen molar-refractivity contribution in [2.45, 2.75) is 37.6 Å². The van der Waals surface area contributed by atoms with Crippen molar-refractivity contribution < 1.29 is 4.39 Å². The molecule has 0 bridgehead atoms. The van der Waals surface area contributed by atoms with Gasteiger partial charge in [-0.15, -0.1) is 0 Å². The maximum Gasteiger partial charge on any atom is 0.123 e. The number of anilines is 2. The first kappa shape index (κ1) is 19.3. The smallest absolute Gasteiger partial charge is 0.123 e. The Kier molecular flexibility index (Phi) is 5.54. The molecule has 0 N–H and O–H groups in total. The van der Waals surface area contributed by atoms with Crippen molar-refractivity contribution in [1.82, 2.24) is 4.90 Å². The van der Waals surface area contributed by atoms with Crippen LogP contribution in [0.4, 0.5) is 15.8 Å². The zero-order valence-electron chi connectivity index (χ0n) is 17.4. The molecular formula is C27H29FN2. The van der Waals surface area contributed by atoms with Gasteiger partial charge in [-0.3, -0.25) is 0 Å². The second-order valence-electron chi connectivity index (χ2n) is 8.61. The van der Waals surface area contributed by atoms with E-state index in [0.717, 1.165) is 32.5 Å². The molecule has 5 rings (SSSR count). The van der Waals surface area contributed by atoms with Crippen molar-refractivity contribution >= 4 is 11.4 Å². The first-order chi connectivity index (χ1) is 14.8. The highest BCUT2D eigenvalue weighted by Gasteiger charge is 2.42. The topological polar surface area (TPSA) is 6.48 Å². The predicted molar refractivity (Wildman–Crippen MR) is 122 cm³/mol. The van der Waals surface area contributed by atoms with E-state index in [1.165, 1.54) is 35.3 Å². The molecule has 154 valence electrons. The number of fused-ring (bicyclic) bond motifs is 3. The number of rotatable bonds is 6. The average molecular weight is 401 g/mol. The lowest BCUT2D eigenvalue weighted by Crippen LogP contribution is -2.45. The van der Waals surface area contributed by atoms with Gasteiger partial charge >= 0.3 is 0 Å². The van der Waals surface area contributed by atoms with Crippen LogP contribution in [-0.4, -0.2) is 30.6 Å². The molecule has 2 aliphatic rings. The highest BCUT2D eigenvalue weighted by Crippen LogP contribution is 2.48. The molecule has 30 heavy (non-hydrogen) atoms. The molecule has 2 heterocycles. The van der Waals surface area contributed by atoms with Gasteiger partial charge in [0.15, 0.2) is 0 Å². The summed E-state index contributed by atoms with van der Waals surface area (Å²) < 4.78 is 13.1. The van der Waals surface area contributed by atoms with Gasteiger partial charge < -0.3 is 9.80 Å². The molecule has 3 aromatic rings. The first-order valence-electron chi connectivity index (χ1n) is 11.2. The maximum absolute atomic E-state index is 13.1. The maximum atomic E-state index is 13.1. The van der Waals surface area contributed by atoms with Crippen LogP contribution in [0.5, 0.6) is 0 Å². The fourth-order valence-electron chi connectivity index (χ4n) is 5.26. The zero-order valence-corrected chi connectivity index (χ0v) is 17.4. The molecular weight excluding hydrogens is 371 g/mol. The molecule has 2 unspecified atom stereocenters. The molecule has 0 saturated carbocycles. The summed E-state index contributed by atoms with van der Waals surface area (Å²) in [5.41, 5.74) is 5.43. The highest BCUT2D eigenvalue weighted by molar-refractivity contribution is 5.72. The van der Waals surface area contributed by atoms with Crippen molar-refractivity contribution in [3.8, 4) is 0 Å². The number of nitrogens with zero attached hydrogens (tertiary/aromatic N) is 2. The van der Waals surface area contributed by atoms with Crippen molar-refractivity contribution in [3.63, 3.8) is 0 Å². The fraction of sp³-hybridized carbons (Fsp3) is 0.333. The quantitative estimate of drug-likeness (QED) is 0.457. The largest absolute Gasteiger partial charge is 0.337 e. The second kappa shape index (κ2) is 8.61. The molecule has 2 aliphatic heterocycles. The van der Waals surface area contributed by atoms with Crippen molar-refractivity contribution in [1.29, 1.82) is 0 Å². The fourth-order valence-corrected chi connectivity index (χ4v) is 5.26. The van der Waals surface area contributed by atoms with Gasteiger partial charge in [-0.2, -0.15) is 0 Å². The molecule has 0 amide bonds. The Morgan fingerprint density at radius 1 is 0.833 bits per heavy atom. The van der Waals surface area contributed by atoms with Gasteiger partial charge in [-0.05, 0) is 73.7 Å². The number of hydrogen-bond acceptors (Lipinski definition) is 2. The van der Waals surface area contributed by atoms with Crippen LogP contribution in [0, 0.1) is 5.82 Å². The van der Waals surface area contributed by atoms with E-state index in [1.807, 2.05) is 12.1 Å². The van der Waals surface area contributed by atoms with Crippen LogP contribution in [-0.2, 0) is 6.42 Å². The Labute approximate surface area is 179 Å². The molecule has 2 atom stereocenters. The summed E-state index contributed by atoms with van der Waals surface area (Å²) >= 11 is 0. The van der Waals surface area contributed by atoms with Crippen molar-refractivity contribution in [2.24, 2.45) is 0 Å². The monoisotopic (exact) mass is 400 g/mol. The van der Waals surface area contributed by atoms with E-state index in [9.17, 15) is 4.39 Å². The number of aryl methyl sites for hydroxylation is 1. The number of benzene rings is 3. The second-order valence-corrected chi connectivity index (χ2v) is 8.61. The third-order valence-corrected chi connectivity index (χ3v) is 6.73. The van der Waals surface area contributed by atoms with Crippen LogP contribution in [0.25, 0.3) is 0 Å². The SMILES string of the molecule is Fc1ccc(CCCCN2CCC3C(C2)c2ccccc2N3c2ccccc2)cc1. The van der Waals surface area contributed by atoms with Crippen LogP contribution < -0.4 is 4.90 Å². The molecule has 2 nitrogen and oxygen atoms in total. The lowest BCUT2D eigenvalue weighted by molar-refractivity contribution is 0.193. The van der Waals surface area contributed by atoms with Crippen LogP contribution in [0.1, 0.15) is 36.3 Å². The summed E-state index contributed by atoms with van der Waals surface area (Å²) in [5.74, 6) is 0.426. The van der Waals surface area contributed by atoms with Crippen molar-refractivity contribution in [2.75, 3.05) is 24.5 Å². The normalized spacial score (nSPS) is 20.8. The summed E-state index contributed by atoms with van der Waals surface area (Å²) in [6, 6.07) is 27.3. The number of piperidine rings is 1. The summed E-state index contributed by atoms with van der Waals surface area (Å²) in [6.45, 7) is 3.45. The lowest BCUT2D eigenvalue weighted by Gasteiger charge is -2.39. The Hall–Kier alpha value is -2.65. The standard InChI is InChI=1S/C27H29FN2/c28-22-15-13-21(14-16-22)8-6-7-18-29-19-17-27-25(20-29)24-11-4-5-12-26(24)30(27)23-9-2-1-3-10-23/h1-5,9-16,25,27H,6-8,17-20H2. The summed E-state index contributed by atoms with van der Waals surface area (Å²) in [4.78, 5) is 5.23. The van der Waals surface area contributed by atoms with E-state index in [0.29, 0.717) is 12.0 Å². The summed E-state index contributed by atoms with van der Waals surface area (Å²) in [7, 11) is 0. The van der Waals surface area contributed by atoms with E-state index in [4.69, 9.17) is 0 Å². The average Bonchev–Trinajstić information content (AvgIpc) is 3.12. The number of unbranched alkanes of at least 4 members (excludes halogenated alkanes) is 1. The highest BCUT2D eigenvalue weighted by atomic mass is 19.1. The van der Waals surface area contributed by atoms with E-state index < -0.39 is 0 Å². The van der Waals surface area contributed by atoms with Gasteiger partial charge in [-0.25, -0.2) is 4.39 Å². The van der Waals surface area contributed by atoms with Gasteiger partial charge in [0, 0.05) is 36.4 Å². The number of hydrogen-bond donors (Lipinski definition) is 0. The van der Waals surface area contributed by atoms with Gasteiger partial charge in [0.2, 0.25) is 0 Å². The van der Waals surface area contributed by atoms with E-state index in [2.05, 4.69) is 64.4 Å². The van der Waals surface area contributed by atoms with E-state index >= 15 is 0 Å². The first-order valence-corrected chi connectivity index (χ1v) is 11.2. The Bertz CT molecular complexity index is 970. The van der Waals surface area contributed by atoms with E-state index in [-0.39, 0.29) is 5.82 Å². The number of para-hydroxylation sites is 2. The van der Waals surface area contributed by atoms with Crippen LogP contribution in [0.2, 0.25) is 0 Å². The van der Waals surface area contributed by atoms with Crippen molar-refractivity contribution in [3.05, 3.63) is 95.8 Å². The van der Waals surface area contributed by atoms with Gasteiger partial charge in [0.25, 0.3) is 0 Å². The van der Waals surface area contributed by atoms with Crippen LogP contribution in [0.15, 0.2) is 78.9 Å². The summed E-state index contributed by atoms with van der Waals surface area (Å²) in [5, 5.41) is 0. The Morgan fingerprint density at radius 2 is 1.60 bits per heavy atom. The van der Waals surface area contributed by atoms with Crippen LogP contribution in [0.3, 0.4) is 0 Å². The Morgan fingerprint density at radius 3 is 2.43 bits per heavy atom. The minimum absolute atomic E-state index is 0.150. The molecule has 0 radical (unpaired) electrons. The third-order valence-electron chi connectivity index (χ3n) is 6.73. The minimum Gasteiger partial charge on any atom is -0.337 e. The third kappa shape index (κ3) is 3.87. The molecule has 0 aromatic heterocycles. The molecule has 1 saturated heterocycles. The minimum atomic E-state index is -0.150. The van der Waals surface area contributed by atoms with Gasteiger partial charge in [0.05, 0.1) is 0 Å². The number of halogens is 1. The van der Waals surface area contributed by atoms with E-state index in [1.54, 1.807) is 12.1 Å². The molecule has 1 fully saturated rings. The lowest BCUT2D eigenvalue weighted by atomic mass is 9.89. The predicted octanol–water partition coefficient (Wildman–Crippen LogP) is 6.16. The zero-order chi connectivity index (χ0) is 20.3. The Balaban J connectivity index is 1.22. The summed E-state index contributed by atoms with van der Waals surface area (Å²) in [6.07, 6.45) is 4.58.